The quantitative estimate of drug-likeness (QED) is 0.517. The van der Waals surface area contributed by atoms with E-state index in [0.717, 1.165) is 6.20 Å². The lowest BCUT2D eigenvalue weighted by Crippen LogP contribution is -2.24. The Morgan fingerprint density at radius 3 is 2.45 bits per heavy atom. The first-order valence-electron chi connectivity index (χ1n) is 6.49. The number of carbonyl (C=O) groups is 2. The molecular weight excluding hydrogens is 288 g/mol. The van der Waals surface area contributed by atoms with Crippen molar-refractivity contribution in [3.8, 4) is 0 Å². The number of ketones is 1. The predicted molar refractivity (Wildman–Crippen MR) is 78.7 cm³/mol. The SMILES string of the molecule is CC(=O)c1ccc(NC(=O)C(C)n2cc([N+](=O)[O-])cn2)cc1. The number of amides is 1. The zero-order valence-electron chi connectivity index (χ0n) is 12.0. The van der Waals surface area contributed by atoms with Crippen molar-refractivity contribution in [1.82, 2.24) is 9.78 Å². The molecule has 0 aliphatic carbocycles. The molecule has 2 aromatic rings. The van der Waals surface area contributed by atoms with Crippen LogP contribution in [0.4, 0.5) is 11.4 Å². The number of nitrogens with one attached hydrogen (secondary N) is 1. The molecule has 8 heteroatoms. The fourth-order valence-electron chi connectivity index (χ4n) is 1.79. The Hall–Kier alpha value is -3.03. The maximum atomic E-state index is 12.1. The number of nitrogens with zero attached hydrogens (tertiary/aromatic N) is 3. The van der Waals surface area contributed by atoms with Crippen LogP contribution in [0, 0.1) is 10.1 Å². The topological polar surface area (TPSA) is 107 Å². The van der Waals surface area contributed by atoms with Crippen molar-refractivity contribution in [2.75, 3.05) is 5.32 Å². The number of aromatic nitrogens is 2. The summed E-state index contributed by atoms with van der Waals surface area (Å²) < 4.78 is 1.22. The highest BCUT2D eigenvalue weighted by molar-refractivity contribution is 5.96. The maximum absolute atomic E-state index is 12.1. The van der Waals surface area contributed by atoms with E-state index in [4.69, 9.17) is 0 Å². The molecule has 1 N–H and O–H groups in total. The third-order valence-corrected chi connectivity index (χ3v) is 3.13. The molecule has 0 saturated heterocycles. The highest BCUT2D eigenvalue weighted by Gasteiger charge is 2.19. The van der Waals surface area contributed by atoms with Gasteiger partial charge in [0.15, 0.2) is 5.78 Å². The second kappa shape index (κ2) is 6.17. The number of carbonyl (C=O) groups excluding carboxylic acids is 2. The Morgan fingerprint density at radius 2 is 1.95 bits per heavy atom. The van der Waals surface area contributed by atoms with E-state index in [1.54, 1.807) is 31.2 Å². The summed E-state index contributed by atoms with van der Waals surface area (Å²) in [7, 11) is 0. The zero-order valence-corrected chi connectivity index (χ0v) is 12.0. The Bertz CT molecular complexity index is 721. The van der Waals surface area contributed by atoms with Gasteiger partial charge in [-0.3, -0.25) is 24.4 Å². The van der Waals surface area contributed by atoms with Gasteiger partial charge in [-0.15, -0.1) is 0 Å². The van der Waals surface area contributed by atoms with E-state index >= 15 is 0 Å². The normalized spacial score (nSPS) is 11.7. The Morgan fingerprint density at radius 1 is 1.32 bits per heavy atom. The van der Waals surface area contributed by atoms with Crippen LogP contribution in [0.15, 0.2) is 36.7 Å². The summed E-state index contributed by atoms with van der Waals surface area (Å²) in [6.45, 7) is 3.04. The van der Waals surface area contributed by atoms with Crippen molar-refractivity contribution in [2.45, 2.75) is 19.9 Å². The van der Waals surface area contributed by atoms with Crippen LogP contribution in [-0.4, -0.2) is 26.4 Å². The molecule has 0 aliphatic rings. The first-order chi connectivity index (χ1) is 10.4. The lowest BCUT2D eigenvalue weighted by molar-refractivity contribution is -0.385. The molecule has 1 heterocycles. The van der Waals surface area contributed by atoms with Gasteiger partial charge >= 0.3 is 5.69 Å². The summed E-state index contributed by atoms with van der Waals surface area (Å²) in [5.74, 6) is -0.427. The number of hydrogen-bond acceptors (Lipinski definition) is 5. The van der Waals surface area contributed by atoms with Crippen LogP contribution in [0.2, 0.25) is 0 Å². The van der Waals surface area contributed by atoms with Crippen molar-refractivity contribution in [3.63, 3.8) is 0 Å². The molecular formula is C14H14N4O4. The lowest BCUT2D eigenvalue weighted by atomic mass is 10.1. The second-order valence-electron chi connectivity index (χ2n) is 4.73. The van der Waals surface area contributed by atoms with Gasteiger partial charge in [-0.05, 0) is 38.1 Å². The minimum atomic E-state index is -0.707. The van der Waals surface area contributed by atoms with E-state index in [2.05, 4.69) is 10.4 Å². The highest BCUT2D eigenvalue weighted by Crippen LogP contribution is 2.16. The molecule has 1 unspecified atom stereocenters. The summed E-state index contributed by atoms with van der Waals surface area (Å²) in [6, 6.07) is 5.75. The Balaban J connectivity index is 2.07. The molecule has 8 nitrogen and oxygen atoms in total. The van der Waals surface area contributed by atoms with E-state index in [0.29, 0.717) is 11.3 Å². The van der Waals surface area contributed by atoms with Crippen LogP contribution in [0.25, 0.3) is 0 Å². The average molecular weight is 302 g/mol. The first kappa shape index (κ1) is 15.4. The molecule has 1 aromatic carbocycles. The number of Topliss-reactive ketones (excluding diaryl/α,β-unsaturated/α-hetero) is 1. The molecule has 22 heavy (non-hydrogen) atoms. The standard InChI is InChI=1S/C14H14N4O4/c1-9(17-8-13(7-15-17)18(21)22)14(20)16-12-5-3-11(4-6-12)10(2)19/h3-9H,1-2H3,(H,16,20). The van der Waals surface area contributed by atoms with Gasteiger partial charge in [0.2, 0.25) is 5.91 Å². The van der Waals surface area contributed by atoms with Crippen molar-refractivity contribution in [3.05, 3.63) is 52.3 Å². The van der Waals surface area contributed by atoms with Gasteiger partial charge in [-0.2, -0.15) is 5.10 Å². The summed E-state index contributed by atoms with van der Waals surface area (Å²) in [6.07, 6.45) is 2.29. The first-order valence-corrected chi connectivity index (χ1v) is 6.49. The number of anilines is 1. The maximum Gasteiger partial charge on any atom is 0.307 e. The molecule has 0 spiro atoms. The van der Waals surface area contributed by atoms with E-state index in [-0.39, 0.29) is 17.4 Å². The Kier molecular flexibility index (Phi) is 4.31. The number of benzene rings is 1. The fourth-order valence-corrected chi connectivity index (χ4v) is 1.79. The minimum Gasteiger partial charge on any atom is -0.324 e. The number of nitro groups is 1. The Labute approximate surface area is 125 Å². The predicted octanol–water partition coefficient (Wildman–Crippen LogP) is 2.19. The molecule has 1 atom stereocenters. The van der Waals surface area contributed by atoms with E-state index in [1.807, 2.05) is 0 Å². The molecule has 1 aromatic heterocycles. The van der Waals surface area contributed by atoms with Gasteiger partial charge in [0.05, 0.1) is 4.92 Å². The molecule has 0 saturated carbocycles. The summed E-state index contributed by atoms with van der Waals surface area (Å²) in [5.41, 5.74) is 0.905. The van der Waals surface area contributed by atoms with Crippen molar-refractivity contribution >= 4 is 23.1 Å². The van der Waals surface area contributed by atoms with Gasteiger partial charge in [0.1, 0.15) is 18.4 Å². The molecule has 0 fully saturated rings. The molecule has 114 valence electrons. The summed E-state index contributed by atoms with van der Waals surface area (Å²) >= 11 is 0. The van der Waals surface area contributed by atoms with Crippen molar-refractivity contribution < 1.29 is 14.5 Å². The smallest absolute Gasteiger partial charge is 0.307 e. The third-order valence-electron chi connectivity index (χ3n) is 3.13. The van der Waals surface area contributed by atoms with Crippen LogP contribution >= 0.6 is 0 Å². The van der Waals surface area contributed by atoms with Crippen LogP contribution < -0.4 is 5.32 Å². The van der Waals surface area contributed by atoms with Crippen LogP contribution in [0.3, 0.4) is 0 Å². The number of rotatable bonds is 5. The highest BCUT2D eigenvalue weighted by atomic mass is 16.6. The van der Waals surface area contributed by atoms with Crippen LogP contribution in [0.5, 0.6) is 0 Å². The molecule has 2 rings (SSSR count). The average Bonchev–Trinajstić information content (AvgIpc) is 2.97. The van der Waals surface area contributed by atoms with Crippen molar-refractivity contribution in [2.24, 2.45) is 0 Å². The molecule has 1 amide bonds. The largest absolute Gasteiger partial charge is 0.324 e. The molecule has 0 bridgehead atoms. The van der Waals surface area contributed by atoms with Gasteiger partial charge < -0.3 is 5.32 Å². The fraction of sp³-hybridized carbons (Fsp3) is 0.214. The zero-order chi connectivity index (χ0) is 16.3. The summed E-state index contributed by atoms with van der Waals surface area (Å²) in [4.78, 5) is 33.3. The van der Waals surface area contributed by atoms with E-state index in [1.165, 1.54) is 17.8 Å². The molecule has 0 radical (unpaired) electrons. The van der Waals surface area contributed by atoms with Gasteiger partial charge in [-0.1, -0.05) is 0 Å². The van der Waals surface area contributed by atoms with E-state index < -0.39 is 11.0 Å². The van der Waals surface area contributed by atoms with Crippen LogP contribution in [-0.2, 0) is 4.79 Å². The van der Waals surface area contributed by atoms with Crippen LogP contribution in [0.1, 0.15) is 30.2 Å². The van der Waals surface area contributed by atoms with Gasteiger partial charge in [-0.25, -0.2) is 0 Å². The molecule has 0 aliphatic heterocycles. The third kappa shape index (κ3) is 3.35. The summed E-state index contributed by atoms with van der Waals surface area (Å²) in [5, 5.41) is 17.1. The van der Waals surface area contributed by atoms with Crippen molar-refractivity contribution in [1.29, 1.82) is 0 Å². The number of hydrogen-bond donors (Lipinski definition) is 1. The van der Waals surface area contributed by atoms with Gasteiger partial charge in [0, 0.05) is 11.3 Å². The van der Waals surface area contributed by atoms with Gasteiger partial charge in [0.25, 0.3) is 0 Å². The van der Waals surface area contributed by atoms with E-state index in [9.17, 15) is 19.7 Å². The monoisotopic (exact) mass is 302 g/mol. The second-order valence-corrected chi connectivity index (χ2v) is 4.73. The lowest BCUT2D eigenvalue weighted by Gasteiger charge is -2.12. The minimum absolute atomic E-state index is 0.0601.